The van der Waals surface area contributed by atoms with Crippen LogP contribution in [0.15, 0.2) is 65.9 Å². The van der Waals surface area contributed by atoms with Crippen LogP contribution in [0.25, 0.3) is 11.6 Å². The molecule has 0 atom stereocenters. The molecule has 0 N–H and O–H groups in total. The number of halogens is 2. The fourth-order valence-corrected chi connectivity index (χ4v) is 3.13. The van der Waals surface area contributed by atoms with Crippen LogP contribution in [-0.2, 0) is 9.31 Å². The summed E-state index contributed by atoms with van der Waals surface area (Å²) in [6.07, 6.45) is 1.95. The van der Waals surface area contributed by atoms with Crippen LogP contribution < -0.4 is 0 Å². The lowest BCUT2D eigenvalue weighted by Crippen LogP contribution is -2.41. The maximum absolute atomic E-state index is 15.5. The molecule has 28 heavy (non-hydrogen) atoms. The Morgan fingerprint density at radius 3 is 2.00 bits per heavy atom. The van der Waals surface area contributed by atoms with Crippen LogP contribution in [0, 0.1) is 0 Å². The Bertz CT molecular complexity index is 886. The Balaban J connectivity index is 2.05. The second-order valence-corrected chi connectivity index (χ2v) is 8.47. The zero-order valence-electron chi connectivity index (χ0n) is 16.9. The Morgan fingerprint density at radius 1 is 0.929 bits per heavy atom. The fourth-order valence-electron chi connectivity index (χ4n) is 3.00. The van der Waals surface area contributed by atoms with Gasteiger partial charge in [-0.25, -0.2) is 4.39 Å². The third-order valence-corrected chi connectivity index (χ3v) is 5.74. The molecule has 1 fully saturated rings. The van der Waals surface area contributed by atoms with E-state index in [-0.39, 0.29) is 0 Å². The van der Waals surface area contributed by atoms with Crippen molar-refractivity contribution in [3.63, 3.8) is 0 Å². The molecule has 0 radical (unpaired) electrons. The van der Waals surface area contributed by atoms with Crippen molar-refractivity contribution < 1.29 is 13.7 Å². The van der Waals surface area contributed by atoms with Gasteiger partial charge < -0.3 is 9.31 Å². The van der Waals surface area contributed by atoms with Gasteiger partial charge in [0.15, 0.2) is 0 Å². The van der Waals surface area contributed by atoms with Gasteiger partial charge in [-0.15, -0.1) is 0 Å². The van der Waals surface area contributed by atoms with Gasteiger partial charge in [0.05, 0.1) is 11.2 Å². The lowest BCUT2D eigenvalue weighted by atomic mass is 9.81. The summed E-state index contributed by atoms with van der Waals surface area (Å²) in [7, 11) is -1.03. The molecule has 0 aliphatic carbocycles. The minimum absolute atomic E-state index is 0.414. The maximum atomic E-state index is 15.5. The van der Waals surface area contributed by atoms with E-state index in [0.717, 1.165) is 16.7 Å². The summed E-state index contributed by atoms with van der Waals surface area (Å²) in [5.41, 5.74) is 1.51. The Hall–Kier alpha value is -1.88. The van der Waals surface area contributed by atoms with E-state index in [0.29, 0.717) is 10.6 Å². The summed E-state index contributed by atoms with van der Waals surface area (Å²) < 4.78 is 27.3. The largest absolute Gasteiger partial charge is 0.525 e. The smallest absolute Gasteiger partial charge is 0.398 e. The molecule has 1 heterocycles. The minimum atomic E-state index is -1.03. The van der Waals surface area contributed by atoms with E-state index in [9.17, 15) is 0 Å². The molecule has 3 rings (SSSR count). The molecule has 2 nitrogen and oxygen atoms in total. The molecule has 0 unspecified atom stereocenters. The van der Waals surface area contributed by atoms with E-state index in [1.54, 1.807) is 6.92 Å². The van der Waals surface area contributed by atoms with Crippen molar-refractivity contribution in [1.29, 1.82) is 0 Å². The molecule has 2 aromatic rings. The van der Waals surface area contributed by atoms with Crippen molar-refractivity contribution in [2.45, 2.75) is 45.8 Å². The van der Waals surface area contributed by atoms with Gasteiger partial charge in [-0.2, -0.15) is 0 Å². The molecule has 2 aromatic carbocycles. The highest BCUT2D eigenvalue weighted by molar-refractivity contribution is 6.54. The van der Waals surface area contributed by atoms with Crippen molar-refractivity contribution in [3.8, 4) is 0 Å². The standard InChI is InChI=1S/C23H25BClFO2/c1-16(21(26)24-27-22(2,3)23(4,5)28-24)20(18-9-7-6-8-10-18)15-17-11-13-19(25)14-12-17/h6-15H,1-5H3/b20-15-,21-16?. The second kappa shape index (κ2) is 7.86. The SMILES string of the molecule is CC(=C(F)B1OC(C)(C)C(C)(C)O1)/C(=C/c1ccc(Cl)cc1)c1ccccc1. The van der Waals surface area contributed by atoms with E-state index in [2.05, 4.69) is 0 Å². The van der Waals surface area contributed by atoms with Gasteiger partial charge in [-0.3, -0.25) is 0 Å². The average Bonchev–Trinajstić information content (AvgIpc) is 2.88. The van der Waals surface area contributed by atoms with E-state index in [4.69, 9.17) is 20.9 Å². The summed E-state index contributed by atoms with van der Waals surface area (Å²) in [4.78, 5) is 0. The molecule has 1 aliphatic heterocycles. The Morgan fingerprint density at radius 2 is 1.46 bits per heavy atom. The summed E-state index contributed by atoms with van der Waals surface area (Å²) in [5.74, 6) is 0. The molecule has 1 saturated heterocycles. The van der Waals surface area contributed by atoms with Crippen LogP contribution >= 0.6 is 11.6 Å². The predicted octanol–water partition coefficient (Wildman–Crippen LogP) is 6.76. The zero-order valence-corrected chi connectivity index (χ0v) is 17.7. The molecular weight excluding hydrogens is 374 g/mol. The summed E-state index contributed by atoms with van der Waals surface area (Å²) in [5, 5.41) is 0.661. The van der Waals surface area contributed by atoms with Gasteiger partial charge in [-0.05, 0) is 75.1 Å². The van der Waals surface area contributed by atoms with E-state index < -0.39 is 24.0 Å². The van der Waals surface area contributed by atoms with Crippen molar-refractivity contribution in [2.75, 3.05) is 0 Å². The fraction of sp³-hybridized carbons (Fsp3) is 0.304. The van der Waals surface area contributed by atoms with Crippen molar-refractivity contribution in [3.05, 3.63) is 82.0 Å². The van der Waals surface area contributed by atoms with E-state index in [1.165, 1.54) is 0 Å². The molecule has 5 heteroatoms. The van der Waals surface area contributed by atoms with Gasteiger partial charge in [0, 0.05) is 5.02 Å². The zero-order chi connectivity index (χ0) is 20.5. The summed E-state index contributed by atoms with van der Waals surface area (Å²) in [6.45, 7) is 9.41. The van der Waals surface area contributed by atoms with E-state index in [1.807, 2.05) is 88.4 Å². The van der Waals surface area contributed by atoms with Crippen LogP contribution in [0.2, 0.25) is 5.02 Å². The highest BCUT2D eigenvalue weighted by atomic mass is 35.5. The summed E-state index contributed by atoms with van der Waals surface area (Å²) >= 11 is 5.99. The monoisotopic (exact) mass is 398 g/mol. The first-order valence-electron chi connectivity index (χ1n) is 9.36. The van der Waals surface area contributed by atoms with Gasteiger partial charge in [0.2, 0.25) is 0 Å². The molecule has 0 amide bonds. The molecule has 1 aliphatic rings. The number of hydrogen-bond donors (Lipinski definition) is 0. The quantitative estimate of drug-likeness (QED) is 0.322. The predicted molar refractivity (Wildman–Crippen MR) is 116 cm³/mol. The third kappa shape index (κ3) is 4.25. The molecule has 0 saturated carbocycles. The lowest BCUT2D eigenvalue weighted by Gasteiger charge is -2.32. The number of hydrogen-bond acceptors (Lipinski definition) is 2. The topological polar surface area (TPSA) is 18.5 Å². The van der Waals surface area contributed by atoms with Gasteiger partial charge in [0.25, 0.3) is 0 Å². The highest BCUT2D eigenvalue weighted by Crippen LogP contribution is 2.40. The van der Waals surface area contributed by atoms with Gasteiger partial charge in [-0.1, -0.05) is 54.1 Å². The average molecular weight is 399 g/mol. The second-order valence-electron chi connectivity index (χ2n) is 8.04. The van der Waals surface area contributed by atoms with Crippen LogP contribution in [0.3, 0.4) is 0 Å². The van der Waals surface area contributed by atoms with Gasteiger partial charge >= 0.3 is 7.12 Å². The molecule has 0 spiro atoms. The van der Waals surface area contributed by atoms with Gasteiger partial charge in [0.1, 0.15) is 5.73 Å². The first-order valence-corrected chi connectivity index (χ1v) is 9.73. The number of allylic oxidation sites excluding steroid dienone is 2. The van der Waals surface area contributed by atoms with Crippen molar-refractivity contribution in [2.24, 2.45) is 0 Å². The molecular formula is C23H25BClFO2. The van der Waals surface area contributed by atoms with Crippen LogP contribution in [0.5, 0.6) is 0 Å². The first kappa shape index (κ1) is 20.8. The van der Waals surface area contributed by atoms with Crippen LogP contribution in [-0.4, -0.2) is 18.3 Å². The normalized spacial score (nSPS) is 19.5. The van der Waals surface area contributed by atoms with Crippen LogP contribution in [0.1, 0.15) is 45.7 Å². The Kier molecular flexibility index (Phi) is 5.85. The van der Waals surface area contributed by atoms with E-state index >= 15 is 4.39 Å². The first-order chi connectivity index (χ1) is 13.1. The number of benzene rings is 2. The third-order valence-electron chi connectivity index (χ3n) is 5.49. The Labute approximate surface area is 172 Å². The van der Waals surface area contributed by atoms with Crippen molar-refractivity contribution in [1.82, 2.24) is 0 Å². The minimum Gasteiger partial charge on any atom is -0.398 e. The summed E-state index contributed by atoms with van der Waals surface area (Å²) in [6, 6.07) is 17.2. The molecule has 0 aromatic heterocycles. The molecule has 0 bridgehead atoms. The van der Waals surface area contributed by atoms with Crippen LogP contribution in [0.4, 0.5) is 4.39 Å². The number of rotatable bonds is 4. The highest BCUT2D eigenvalue weighted by Gasteiger charge is 2.53. The lowest BCUT2D eigenvalue weighted by molar-refractivity contribution is 0.00578. The maximum Gasteiger partial charge on any atom is 0.525 e. The molecule has 146 valence electrons. The van der Waals surface area contributed by atoms with Crippen molar-refractivity contribution >= 4 is 30.4 Å².